The zero-order chi connectivity index (χ0) is 7.56. The Hall–Kier alpha value is -0.430. The molecule has 0 aliphatic heterocycles. The van der Waals surface area contributed by atoms with Crippen LogP contribution in [0.1, 0.15) is 11.1 Å². The Morgan fingerprint density at radius 3 is 2.40 bits per heavy atom. The normalized spacial score (nSPS) is 9.90. The summed E-state index contributed by atoms with van der Waals surface area (Å²) in [6.07, 6.45) is 2.11. The second kappa shape index (κ2) is 3.11. The first-order chi connectivity index (χ1) is 4.74. The predicted molar refractivity (Wildman–Crippen MR) is 47.7 cm³/mol. The van der Waals surface area contributed by atoms with Gasteiger partial charge in [0.15, 0.2) is 0 Å². The van der Waals surface area contributed by atoms with E-state index in [0.29, 0.717) is 0 Å². The molecule has 0 bridgehead atoms. The van der Waals surface area contributed by atoms with Crippen molar-refractivity contribution < 1.29 is 0 Å². The molecule has 0 aliphatic rings. The molecule has 1 rings (SSSR count). The Bertz CT molecular complexity index is 228. The largest absolute Gasteiger partial charge is 0.129 e. The van der Waals surface area contributed by atoms with Gasteiger partial charge in [-0.3, -0.25) is 0 Å². The van der Waals surface area contributed by atoms with Gasteiger partial charge in [0, 0.05) is 4.90 Å². The fourth-order valence-corrected chi connectivity index (χ4v) is 1.61. The van der Waals surface area contributed by atoms with Crippen LogP contribution in [0.15, 0.2) is 23.1 Å². The first-order valence-corrected chi connectivity index (χ1v) is 4.58. The monoisotopic (exact) mass is 152 g/mol. The highest BCUT2D eigenvalue weighted by atomic mass is 32.2. The Morgan fingerprint density at radius 2 is 1.90 bits per heavy atom. The van der Waals surface area contributed by atoms with E-state index in [-0.39, 0.29) is 0 Å². The van der Waals surface area contributed by atoms with Crippen molar-refractivity contribution >= 4 is 11.8 Å². The van der Waals surface area contributed by atoms with E-state index in [4.69, 9.17) is 0 Å². The highest BCUT2D eigenvalue weighted by Gasteiger charge is 1.93. The number of benzene rings is 1. The van der Waals surface area contributed by atoms with Gasteiger partial charge in [-0.2, -0.15) is 0 Å². The van der Waals surface area contributed by atoms with Crippen molar-refractivity contribution in [2.75, 3.05) is 6.26 Å². The van der Waals surface area contributed by atoms with Crippen LogP contribution in [0, 0.1) is 13.8 Å². The van der Waals surface area contributed by atoms with Crippen molar-refractivity contribution in [3.63, 3.8) is 0 Å². The lowest BCUT2D eigenvalue weighted by atomic mass is 10.2. The minimum atomic E-state index is 1.34. The van der Waals surface area contributed by atoms with Gasteiger partial charge in [0.2, 0.25) is 0 Å². The molecule has 54 valence electrons. The Kier molecular flexibility index (Phi) is 2.39. The lowest BCUT2D eigenvalue weighted by Crippen LogP contribution is -1.79. The molecule has 0 aliphatic carbocycles. The van der Waals surface area contributed by atoms with Gasteiger partial charge in [0.25, 0.3) is 0 Å². The van der Waals surface area contributed by atoms with Crippen LogP contribution in [0.5, 0.6) is 0 Å². The van der Waals surface area contributed by atoms with E-state index in [2.05, 4.69) is 38.3 Å². The molecule has 0 amide bonds. The summed E-state index contributed by atoms with van der Waals surface area (Å²) in [5, 5.41) is 0. The maximum absolute atomic E-state index is 2.21. The second-order valence-electron chi connectivity index (χ2n) is 2.47. The topological polar surface area (TPSA) is 0 Å². The molecule has 0 heterocycles. The van der Waals surface area contributed by atoms with Crippen molar-refractivity contribution in [1.82, 2.24) is 0 Å². The Balaban J connectivity index is 3.07. The Labute approximate surface area is 66.6 Å². The number of hydrogen-bond donors (Lipinski definition) is 0. The average molecular weight is 152 g/mol. The fourth-order valence-electron chi connectivity index (χ4n) is 1.03. The van der Waals surface area contributed by atoms with Crippen LogP contribution in [0.4, 0.5) is 0 Å². The molecule has 0 aromatic heterocycles. The lowest BCUT2D eigenvalue weighted by Gasteiger charge is -2.01. The minimum Gasteiger partial charge on any atom is -0.129 e. The molecule has 0 saturated heterocycles. The van der Waals surface area contributed by atoms with Gasteiger partial charge in [-0.25, -0.2) is 0 Å². The highest BCUT2D eigenvalue weighted by Crippen LogP contribution is 2.19. The van der Waals surface area contributed by atoms with E-state index in [1.54, 1.807) is 11.8 Å². The van der Waals surface area contributed by atoms with Crippen molar-refractivity contribution in [1.29, 1.82) is 0 Å². The summed E-state index contributed by atoms with van der Waals surface area (Å²) in [5.41, 5.74) is 2.72. The predicted octanol–water partition coefficient (Wildman–Crippen LogP) is 3.03. The van der Waals surface area contributed by atoms with E-state index in [0.717, 1.165) is 0 Å². The number of aryl methyl sites for hydroxylation is 2. The van der Waals surface area contributed by atoms with Crippen molar-refractivity contribution in [3.05, 3.63) is 29.3 Å². The van der Waals surface area contributed by atoms with Crippen molar-refractivity contribution in [3.8, 4) is 0 Å². The number of rotatable bonds is 1. The molecule has 0 unspecified atom stereocenters. The molecule has 0 fully saturated rings. The Morgan fingerprint density at radius 1 is 1.20 bits per heavy atom. The fraction of sp³-hybridized carbons (Fsp3) is 0.333. The quantitative estimate of drug-likeness (QED) is 0.557. The van der Waals surface area contributed by atoms with Gasteiger partial charge in [0.05, 0.1) is 0 Å². The van der Waals surface area contributed by atoms with E-state index in [9.17, 15) is 0 Å². The standard InChI is InChI=1S/C9H12S/c1-7-4-5-9(10-3)8(2)6-7/h4-6H,1-3H3. The first kappa shape index (κ1) is 7.67. The average Bonchev–Trinajstić information content (AvgIpc) is 1.88. The van der Waals surface area contributed by atoms with Crippen LogP contribution >= 0.6 is 11.8 Å². The maximum atomic E-state index is 2.21. The van der Waals surface area contributed by atoms with Crippen LogP contribution in [-0.4, -0.2) is 6.26 Å². The molecular formula is C9H12S. The highest BCUT2D eigenvalue weighted by molar-refractivity contribution is 7.98. The summed E-state index contributed by atoms with van der Waals surface area (Å²) in [7, 11) is 0. The van der Waals surface area contributed by atoms with E-state index < -0.39 is 0 Å². The van der Waals surface area contributed by atoms with E-state index >= 15 is 0 Å². The van der Waals surface area contributed by atoms with E-state index in [1.165, 1.54) is 16.0 Å². The molecule has 0 saturated carbocycles. The molecule has 0 atom stereocenters. The molecule has 1 heteroatoms. The summed E-state index contributed by atoms with van der Waals surface area (Å²) < 4.78 is 0. The zero-order valence-electron chi connectivity index (χ0n) is 6.64. The van der Waals surface area contributed by atoms with Crippen molar-refractivity contribution in [2.45, 2.75) is 18.7 Å². The van der Waals surface area contributed by atoms with Crippen LogP contribution in [0.3, 0.4) is 0 Å². The molecule has 10 heavy (non-hydrogen) atoms. The van der Waals surface area contributed by atoms with Gasteiger partial charge in [0.1, 0.15) is 0 Å². The van der Waals surface area contributed by atoms with Crippen LogP contribution in [0.25, 0.3) is 0 Å². The molecule has 0 radical (unpaired) electrons. The molecule has 0 N–H and O–H groups in total. The third-order valence-electron chi connectivity index (χ3n) is 1.55. The lowest BCUT2D eigenvalue weighted by molar-refractivity contribution is 1.27. The van der Waals surface area contributed by atoms with E-state index in [1.807, 2.05) is 0 Å². The molecule has 1 aromatic rings. The maximum Gasteiger partial charge on any atom is 0.00985 e. The zero-order valence-corrected chi connectivity index (χ0v) is 7.46. The summed E-state index contributed by atoms with van der Waals surface area (Å²) in [6, 6.07) is 6.54. The van der Waals surface area contributed by atoms with Crippen molar-refractivity contribution in [2.24, 2.45) is 0 Å². The molecular weight excluding hydrogens is 140 g/mol. The van der Waals surface area contributed by atoms with Gasteiger partial charge >= 0.3 is 0 Å². The smallest absolute Gasteiger partial charge is 0.00985 e. The second-order valence-corrected chi connectivity index (χ2v) is 3.32. The van der Waals surface area contributed by atoms with Gasteiger partial charge in [-0.1, -0.05) is 17.7 Å². The van der Waals surface area contributed by atoms with Crippen LogP contribution in [0.2, 0.25) is 0 Å². The summed E-state index contributed by atoms with van der Waals surface area (Å²) in [6.45, 7) is 4.27. The molecule has 0 spiro atoms. The summed E-state index contributed by atoms with van der Waals surface area (Å²) >= 11 is 1.80. The number of thioether (sulfide) groups is 1. The SMILES string of the molecule is CSc1ccc(C)cc1C. The summed E-state index contributed by atoms with van der Waals surface area (Å²) in [4.78, 5) is 1.38. The molecule has 0 nitrogen and oxygen atoms in total. The molecule has 1 aromatic carbocycles. The van der Waals surface area contributed by atoms with Crippen LogP contribution in [-0.2, 0) is 0 Å². The van der Waals surface area contributed by atoms with Crippen LogP contribution < -0.4 is 0 Å². The third-order valence-corrected chi connectivity index (χ3v) is 2.45. The number of hydrogen-bond acceptors (Lipinski definition) is 1. The van der Waals surface area contributed by atoms with Gasteiger partial charge in [-0.05, 0) is 31.7 Å². The van der Waals surface area contributed by atoms with Gasteiger partial charge < -0.3 is 0 Å². The minimum absolute atomic E-state index is 1.34. The first-order valence-electron chi connectivity index (χ1n) is 3.35. The third kappa shape index (κ3) is 1.54. The van der Waals surface area contributed by atoms with Gasteiger partial charge in [-0.15, -0.1) is 11.8 Å². The summed E-state index contributed by atoms with van der Waals surface area (Å²) in [5.74, 6) is 0.